The molecule has 30 heavy (non-hydrogen) atoms. The van der Waals surface area contributed by atoms with Gasteiger partial charge in [0.25, 0.3) is 0 Å². The molecule has 1 heterocycles. The van der Waals surface area contributed by atoms with E-state index in [9.17, 15) is 9.59 Å². The average molecular weight is 412 g/mol. The molecule has 2 N–H and O–H groups in total. The molecule has 1 aromatic carbocycles. The predicted octanol–water partition coefficient (Wildman–Crippen LogP) is 4.51. The number of aliphatic carboxylic acids is 1. The summed E-state index contributed by atoms with van der Waals surface area (Å²) >= 11 is 0. The van der Waals surface area contributed by atoms with Crippen molar-refractivity contribution in [2.24, 2.45) is 11.8 Å². The molecule has 1 amide bonds. The number of benzene rings is 1. The van der Waals surface area contributed by atoms with Gasteiger partial charge in [0.05, 0.1) is 18.9 Å². The largest absolute Gasteiger partial charge is 0.480 e. The lowest BCUT2D eigenvalue weighted by molar-refractivity contribution is -0.142. The molecule has 1 fully saturated rings. The first kappa shape index (κ1) is 21.8. The number of carbonyl (C=O) groups is 2. The van der Waals surface area contributed by atoms with Gasteiger partial charge in [0, 0.05) is 23.5 Å². The van der Waals surface area contributed by atoms with Crippen LogP contribution in [-0.2, 0) is 14.3 Å². The quantitative estimate of drug-likeness (QED) is 0.662. The summed E-state index contributed by atoms with van der Waals surface area (Å²) < 4.78 is 10.7. The van der Waals surface area contributed by atoms with Crippen molar-refractivity contribution in [3.05, 3.63) is 48.3 Å². The molecular weight excluding hydrogens is 384 g/mol. The molecule has 0 saturated heterocycles. The number of aromatic nitrogens is 1. The zero-order valence-corrected chi connectivity index (χ0v) is 17.2. The highest BCUT2D eigenvalue weighted by Gasteiger charge is 2.23. The maximum absolute atomic E-state index is 12.4. The number of carboxylic acid groups (broad SMARTS) is 1. The number of para-hydroxylation sites is 1. The summed E-state index contributed by atoms with van der Waals surface area (Å²) in [5.41, 5.74) is 3.57. The molecule has 2 aromatic rings. The van der Waals surface area contributed by atoms with Crippen LogP contribution >= 0.6 is 0 Å². The zero-order valence-electron chi connectivity index (χ0n) is 17.2. The maximum Gasteiger partial charge on any atom is 0.411 e. The Morgan fingerprint density at radius 2 is 1.80 bits per heavy atom. The number of hydrogen-bond donors (Lipinski definition) is 2. The second-order valence-corrected chi connectivity index (χ2v) is 7.82. The number of pyridine rings is 1. The Hall–Kier alpha value is -2.93. The third-order valence-electron chi connectivity index (χ3n) is 5.35. The number of anilines is 1. The summed E-state index contributed by atoms with van der Waals surface area (Å²) in [6.07, 6.45) is 6.91. The molecule has 7 nitrogen and oxygen atoms in total. The van der Waals surface area contributed by atoms with Crippen LogP contribution < -0.4 is 5.32 Å². The van der Waals surface area contributed by atoms with Gasteiger partial charge in [-0.15, -0.1) is 0 Å². The summed E-state index contributed by atoms with van der Waals surface area (Å²) in [5.74, 6) is -0.240. The third-order valence-corrected chi connectivity index (χ3v) is 5.35. The van der Waals surface area contributed by atoms with Crippen LogP contribution in [0.1, 0.15) is 31.2 Å². The number of ether oxygens (including phenoxy) is 2. The van der Waals surface area contributed by atoms with Gasteiger partial charge < -0.3 is 14.6 Å². The number of amides is 1. The maximum atomic E-state index is 12.4. The zero-order chi connectivity index (χ0) is 21.3. The molecule has 0 aliphatic heterocycles. The highest BCUT2D eigenvalue weighted by Crippen LogP contribution is 2.30. The third kappa shape index (κ3) is 6.56. The van der Waals surface area contributed by atoms with E-state index >= 15 is 0 Å². The summed E-state index contributed by atoms with van der Waals surface area (Å²) in [5, 5.41) is 11.5. The van der Waals surface area contributed by atoms with E-state index in [1.165, 1.54) is 0 Å². The Balaban J connectivity index is 1.46. The van der Waals surface area contributed by atoms with Crippen molar-refractivity contribution in [1.82, 2.24) is 4.98 Å². The molecule has 3 rings (SSSR count). The fraction of sp³-hybridized carbons (Fsp3) is 0.435. The van der Waals surface area contributed by atoms with E-state index in [2.05, 4.69) is 10.3 Å². The van der Waals surface area contributed by atoms with Crippen LogP contribution in [0.3, 0.4) is 0 Å². The van der Waals surface area contributed by atoms with Crippen molar-refractivity contribution < 1.29 is 24.2 Å². The second-order valence-electron chi connectivity index (χ2n) is 7.82. The van der Waals surface area contributed by atoms with Crippen molar-refractivity contribution in [2.75, 3.05) is 25.1 Å². The highest BCUT2D eigenvalue weighted by molar-refractivity contribution is 5.91. The minimum absolute atomic E-state index is 0.247. The molecule has 1 aliphatic rings. The van der Waals surface area contributed by atoms with E-state index in [1.807, 2.05) is 37.3 Å². The lowest BCUT2D eigenvalue weighted by atomic mass is 9.83. The SMILES string of the molecule is Cc1cncc(-c2ccccc2NC(=O)OCC2CCC(COCC(=O)O)CC2)c1. The van der Waals surface area contributed by atoms with Gasteiger partial charge >= 0.3 is 12.1 Å². The van der Waals surface area contributed by atoms with Gasteiger partial charge in [0.2, 0.25) is 0 Å². The topological polar surface area (TPSA) is 97.8 Å². The van der Waals surface area contributed by atoms with E-state index in [1.54, 1.807) is 12.4 Å². The standard InChI is InChI=1S/C23H28N2O5/c1-16-10-19(12-24-11-16)20-4-2-3-5-21(20)25-23(28)30-14-18-8-6-17(7-9-18)13-29-15-22(26)27/h2-5,10-12,17-18H,6-9,13-15H2,1H3,(H,25,28)(H,26,27). The molecule has 1 aliphatic carbocycles. The van der Waals surface area contributed by atoms with Crippen LogP contribution in [0.25, 0.3) is 11.1 Å². The van der Waals surface area contributed by atoms with Crippen LogP contribution in [0.15, 0.2) is 42.7 Å². The molecule has 0 unspecified atom stereocenters. The molecule has 160 valence electrons. The summed E-state index contributed by atoms with van der Waals surface area (Å²) in [6.45, 7) is 2.59. The van der Waals surface area contributed by atoms with Gasteiger partial charge in [-0.2, -0.15) is 0 Å². The molecule has 0 radical (unpaired) electrons. The first-order valence-electron chi connectivity index (χ1n) is 10.3. The number of carboxylic acids is 1. The van der Waals surface area contributed by atoms with Gasteiger partial charge in [-0.25, -0.2) is 9.59 Å². The van der Waals surface area contributed by atoms with Crippen molar-refractivity contribution in [3.63, 3.8) is 0 Å². The number of nitrogens with one attached hydrogen (secondary N) is 1. The number of carbonyl (C=O) groups excluding carboxylic acids is 1. The fourth-order valence-corrected chi connectivity index (χ4v) is 3.76. The van der Waals surface area contributed by atoms with Gasteiger partial charge in [-0.3, -0.25) is 10.3 Å². The van der Waals surface area contributed by atoms with Gasteiger partial charge in [0.15, 0.2) is 0 Å². The fourth-order valence-electron chi connectivity index (χ4n) is 3.76. The van der Waals surface area contributed by atoms with E-state index in [4.69, 9.17) is 14.6 Å². The van der Waals surface area contributed by atoms with Crippen LogP contribution in [0, 0.1) is 18.8 Å². The van der Waals surface area contributed by atoms with E-state index in [0.29, 0.717) is 30.7 Å². The van der Waals surface area contributed by atoms with Crippen molar-refractivity contribution in [1.29, 1.82) is 0 Å². The van der Waals surface area contributed by atoms with E-state index in [-0.39, 0.29) is 6.61 Å². The molecule has 7 heteroatoms. The average Bonchev–Trinajstić information content (AvgIpc) is 2.73. The molecule has 1 aromatic heterocycles. The first-order valence-corrected chi connectivity index (χ1v) is 10.3. The minimum Gasteiger partial charge on any atom is -0.480 e. The summed E-state index contributed by atoms with van der Waals surface area (Å²) in [4.78, 5) is 27.1. The van der Waals surface area contributed by atoms with Crippen molar-refractivity contribution in [2.45, 2.75) is 32.6 Å². The van der Waals surface area contributed by atoms with Crippen LogP contribution in [-0.4, -0.2) is 42.0 Å². The normalized spacial score (nSPS) is 18.6. The minimum atomic E-state index is -0.941. The summed E-state index contributed by atoms with van der Waals surface area (Å²) in [7, 11) is 0. The Labute approximate surface area is 176 Å². The Bertz CT molecular complexity index is 862. The van der Waals surface area contributed by atoms with Gasteiger partial charge in [-0.1, -0.05) is 18.2 Å². The van der Waals surface area contributed by atoms with Crippen LogP contribution in [0.2, 0.25) is 0 Å². The Morgan fingerprint density at radius 3 is 2.50 bits per heavy atom. The molecule has 0 atom stereocenters. The smallest absolute Gasteiger partial charge is 0.411 e. The van der Waals surface area contributed by atoms with Gasteiger partial charge in [0.1, 0.15) is 6.61 Å². The predicted molar refractivity (Wildman–Crippen MR) is 113 cm³/mol. The van der Waals surface area contributed by atoms with E-state index in [0.717, 1.165) is 42.4 Å². The number of aryl methyl sites for hydroxylation is 1. The molecular formula is C23H28N2O5. The van der Waals surface area contributed by atoms with E-state index < -0.39 is 12.1 Å². The monoisotopic (exact) mass is 412 g/mol. The van der Waals surface area contributed by atoms with Crippen LogP contribution in [0.4, 0.5) is 10.5 Å². The number of nitrogens with zero attached hydrogens (tertiary/aromatic N) is 1. The number of rotatable bonds is 8. The Kier molecular flexibility index (Phi) is 7.79. The van der Waals surface area contributed by atoms with Crippen molar-refractivity contribution >= 4 is 17.7 Å². The van der Waals surface area contributed by atoms with Gasteiger partial charge in [-0.05, 0) is 62.1 Å². The summed E-state index contributed by atoms with van der Waals surface area (Å²) in [6, 6.07) is 9.61. The van der Waals surface area contributed by atoms with Crippen molar-refractivity contribution in [3.8, 4) is 11.1 Å². The lowest BCUT2D eigenvalue weighted by Crippen LogP contribution is -2.25. The molecule has 1 saturated carbocycles. The Morgan fingerprint density at radius 1 is 1.10 bits per heavy atom. The molecule has 0 bridgehead atoms. The molecule has 0 spiro atoms. The van der Waals surface area contributed by atoms with Crippen LogP contribution in [0.5, 0.6) is 0 Å². The highest BCUT2D eigenvalue weighted by atomic mass is 16.5. The lowest BCUT2D eigenvalue weighted by Gasteiger charge is -2.27. The first-order chi connectivity index (χ1) is 14.5. The number of hydrogen-bond acceptors (Lipinski definition) is 5. The second kappa shape index (κ2) is 10.7.